The van der Waals surface area contributed by atoms with E-state index in [1.165, 1.54) is 6.42 Å². The molecule has 0 aliphatic heterocycles. The van der Waals surface area contributed by atoms with Crippen LogP contribution in [-0.2, 0) is 9.53 Å². The lowest BCUT2D eigenvalue weighted by atomic mass is 9.89. The summed E-state index contributed by atoms with van der Waals surface area (Å²) in [6.07, 6.45) is 5.24. The number of carbonyl (C=O) groups is 1. The first-order valence-corrected chi connectivity index (χ1v) is 6.02. The minimum atomic E-state index is -0.253. The maximum absolute atomic E-state index is 10.9. The van der Waals surface area contributed by atoms with Crippen LogP contribution in [0.3, 0.4) is 0 Å². The highest BCUT2D eigenvalue weighted by Gasteiger charge is 2.28. The van der Waals surface area contributed by atoms with Crippen molar-refractivity contribution in [2.45, 2.75) is 63.6 Å². The maximum Gasteiger partial charge on any atom is 0.219 e. The summed E-state index contributed by atoms with van der Waals surface area (Å²) >= 11 is 0. The first-order chi connectivity index (χ1) is 7.43. The molecule has 0 heterocycles. The number of amides is 1. The van der Waals surface area contributed by atoms with Crippen molar-refractivity contribution in [2.75, 3.05) is 7.11 Å². The molecule has 1 fully saturated rings. The average molecular weight is 228 g/mol. The summed E-state index contributed by atoms with van der Waals surface area (Å²) in [5.41, 5.74) is 5.02. The first-order valence-electron chi connectivity index (χ1n) is 6.02. The van der Waals surface area contributed by atoms with Crippen LogP contribution in [0.15, 0.2) is 0 Å². The molecule has 0 saturated heterocycles. The van der Waals surface area contributed by atoms with Gasteiger partial charge in [0.05, 0.1) is 6.10 Å². The van der Waals surface area contributed by atoms with Gasteiger partial charge in [0.2, 0.25) is 5.91 Å². The second kappa shape index (κ2) is 5.64. The largest absolute Gasteiger partial charge is 0.381 e. The highest BCUT2D eigenvalue weighted by atomic mass is 16.5. The fraction of sp³-hybridized carbons (Fsp3) is 0.917. The SMILES string of the molecule is COC1CCCC(NC(C)(C)CC(N)=O)C1. The summed E-state index contributed by atoms with van der Waals surface area (Å²) in [5.74, 6) is -0.253. The molecule has 1 aliphatic carbocycles. The molecule has 0 bridgehead atoms. The Hall–Kier alpha value is -0.610. The first kappa shape index (κ1) is 13.5. The van der Waals surface area contributed by atoms with Crippen LogP contribution in [0, 0.1) is 0 Å². The van der Waals surface area contributed by atoms with Gasteiger partial charge in [-0.15, -0.1) is 0 Å². The zero-order valence-corrected chi connectivity index (χ0v) is 10.6. The molecule has 1 saturated carbocycles. The maximum atomic E-state index is 10.9. The Bertz CT molecular complexity index is 241. The molecular formula is C12H24N2O2. The lowest BCUT2D eigenvalue weighted by Crippen LogP contribution is -2.50. The summed E-state index contributed by atoms with van der Waals surface area (Å²) in [5, 5.41) is 3.51. The number of methoxy groups -OCH3 is 1. The smallest absolute Gasteiger partial charge is 0.219 e. The van der Waals surface area contributed by atoms with Crippen LogP contribution in [0.1, 0.15) is 46.0 Å². The van der Waals surface area contributed by atoms with Gasteiger partial charge in [-0.25, -0.2) is 0 Å². The van der Waals surface area contributed by atoms with Gasteiger partial charge in [0.15, 0.2) is 0 Å². The Morgan fingerprint density at radius 1 is 1.50 bits per heavy atom. The molecule has 2 unspecified atom stereocenters. The van der Waals surface area contributed by atoms with Gasteiger partial charge < -0.3 is 15.8 Å². The molecule has 0 radical (unpaired) electrons. The lowest BCUT2D eigenvalue weighted by Gasteiger charge is -2.35. The van der Waals surface area contributed by atoms with Crippen molar-refractivity contribution in [3.8, 4) is 0 Å². The Morgan fingerprint density at radius 3 is 2.75 bits per heavy atom. The van der Waals surface area contributed by atoms with Gasteiger partial charge in [-0.3, -0.25) is 4.79 Å². The van der Waals surface area contributed by atoms with Crippen molar-refractivity contribution in [3.63, 3.8) is 0 Å². The van der Waals surface area contributed by atoms with Crippen molar-refractivity contribution in [1.82, 2.24) is 5.32 Å². The standard InChI is InChI=1S/C12H24N2O2/c1-12(2,8-11(13)15)14-9-5-4-6-10(7-9)16-3/h9-10,14H,4-8H2,1-3H3,(H2,13,15). The van der Waals surface area contributed by atoms with Gasteiger partial charge in [-0.05, 0) is 39.5 Å². The second-order valence-corrected chi connectivity index (χ2v) is 5.39. The molecule has 1 amide bonds. The topological polar surface area (TPSA) is 64.3 Å². The number of carbonyl (C=O) groups excluding carboxylic acids is 1. The molecule has 1 aliphatic rings. The van der Waals surface area contributed by atoms with Gasteiger partial charge in [-0.2, -0.15) is 0 Å². The molecule has 0 aromatic carbocycles. The minimum Gasteiger partial charge on any atom is -0.381 e. The van der Waals surface area contributed by atoms with Crippen LogP contribution in [0.2, 0.25) is 0 Å². The third-order valence-corrected chi connectivity index (χ3v) is 3.17. The normalized spacial score (nSPS) is 26.7. The van der Waals surface area contributed by atoms with Gasteiger partial charge in [-0.1, -0.05) is 0 Å². The summed E-state index contributed by atoms with van der Waals surface area (Å²) in [4.78, 5) is 10.9. The third kappa shape index (κ3) is 4.49. The number of nitrogens with one attached hydrogen (secondary N) is 1. The summed E-state index contributed by atoms with van der Waals surface area (Å²) in [7, 11) is 1.77. The Balaban J connectivity index is 2.43. The second-order valence-electron chi connectivity index (χ2n) is 5.39. The number of rotatable bonds is 5. The number of hydrogen-bond acceptors (Lipinski definition) is 3. The van der Waals surface area contributed by atoms with Crippen LogP contribution < -0.4 is 11.1 Å². The van der Waals surface area contributed by atoms with E-state index in [0.29, 0.717) is 18.6 Å². The van der Waals surface area contributed by atoms with Crippen LogP contribution in [0.4, 0.5) is 0 Å². The van der Waals surface area contributed by atoms with Crippen LogP contribution >= 0.6 is 0 Å². The van der Waals surface area contributed by atoms with E-state index < -0.39 is 0 Å². The zero-order chi connectivity index (χ0) is 12.2. The average Bonchev–Trinajstić information content (AvgIpc) is 2.15. The summed E-state index contributed by atoms with van der Waals surface area (Å²) < 4.78 is 5.39. The van der Waals surface area contributed by atoms with Gasteiger partial charge >= 0.3 is 0 Å². The summed E-state index contributed by atoms with van der Waals surface area (Å²) in [6, 6.07) is 0.438. The van der Waals surface area contributed by atoms with E-state index in [1.807, 2.05) is 13.8 Å². The Morgan fingerprint density at radius 2 is 2.19 bits per heavy atom. The molecule has 94 valence electrons. The monoisotopic (exact) mass is 228 g/mol. The number of ether oxygens (including phenoxy) is 1. The molecule has 0 spiro atoms. The predicted molar refractivity (Wildman–Crippen MR) is 64.1 cm³/mol. The lowest BCUT2D eigenvalue weighted by molar-refractivity contribution is -0.119. The molecule has 0 aromatic rings. The Kier molecular flexibility index (Phi) is 4.74. The molecule has 16 heavy (non-hydrogen) atoms. The van der Waals surface area contributed by atoms with Crippen LogP contribution in [0.5, 0.6) is 0 Å². The molecule has 1 rings (SSSR count). The van der Waals surface area contributed by atoms with E-state index >= 15 is 0 Å². The van der Waals surface area contributed by atoms with Crippen molar-refractivity contribution in [2.24, 2.45) is 5.73 Å². The third-order valence-electron chi connectivity index (χ3n) is 3.17. The molecule has 3 N–H and O–H groups in total. The fourth-order valence-corrected chi connectivity index (χ4v) is 2.53. The van der Waals surface area contributed by atoms with E-state index in [4.69, 9.17) is 10.5 Å². The van der Waals surface area contributed by atoms with E-state index in [9.17, 15) is 4.79 Å². The highest BCUT2D eigenvalue weighted by Crippen LogP contribution is 2.23. The highest BCUT2D eigenvalue weighted by molar-refractivity contribution is 5.75. The fourth-order valence-electron chi connectivity index (χ4n) is 2.53. The number of hydrogen-bond donors (Lipinski definition) is 2. The zero-order valence-electron chi connectivity index (χ0n) is 10.6. The van der Waals surface area contributed by atoms with Crippen molar-refractivity contribution in [1.29, 1.82) is 0 Å². The molecule has 0 aromatic heterocycles. The van der Waals surface area contributed by atoms with Gasteiger partial charge in [0.25, 0.3) is 0 Å². The van der Waals surface area contributed by atoms with E-state index in [1.54, 1.807) is 7.11 Å². The van der Waals surface area contributed by atoms with Crippen LogP contribution in [0.25, 0.3) is 0 Å². The predicted octanol–water partition coefficient (Wildman–Crippen LogP) is 1.19. The molecule has 2 atom stereocenters. The van der Waals surface area contributed by atoms with Gasteiger partial charge in [0, 0.05) is 25.1 Å². The number of primary amides is 1. The van der Waals surface area contributed by atoms with Crippen LogP contribution in [-0.4, -0.2) is 30.7 Å². The minimum absolute atomic E-state index is 0.216. The van der Waals surface area contributed by atoms with E-state index in [-0.39, 0.29) is 11.4 Å². The molecule has 4 heteroatoms. The van der Waals surface area contributed by atoms with Crippen molar-refractivity contribution >= 4 is 5.91 Å². The van der Waals surface area contributed by atoms with E-state index in [2.05, 4.69) is 5.32 Å². The molecular weight excluding hydrogens is 204 g/mol. The Labute approximate surface area is 97.9 Å². The number of nitrogens with two attached hydrogens (primary N) is 1. The summed E-state index contributed by atoms with van der Waals surface area (Å²) in [6.45, 7) is 4.04. The van der Waals surface area contributed by atoms with Crippen molar-refractivity contribution < 1.29 is 9.53 Å². The van der Waals surface area contributed by atoms with Crippen molar-refractivity contribution in [3.05, 3.63) is 0 Å². The van der Waals surface area contributed by atoms with E-state index in [0.717, 1.165) is 19.3 Å². The van der Waals surface area contributed by atoms with Gasteiger partial charge in [0.1, 0.15) is 0 Å². The molecule has 4 nitrogen and oxygen atoms in total. The quantitative estimate of drug-likeness (QED) is 0.743.